The summed E-state index contributed by atoms with van der Waals surface area (Å²) in [7, 11) is -2.25. The Bertz CT molecular complexity index is 484. The second kappa shape index (κ2) is 4.95. The number of carbonyl (C=O) groups excluding carboxylic acids is 1. The van der Waals surface area contributed by atoms with E-state index in [1.54, 1.807) is 18.2 Å². The summed E-state index contributed by atoms with van der Waals surface area (Å²) in [6.45, 7) is -0.174. The number of nitrogens with one attached hydrogen (secondary N) is 1. The van der Waals surface area contributed by atoms with Crippen molar-refractivity contribution in [1.29, 1.82) is 0 Å². The third kappa shape index (κ3) is 2.94. The molecule has 16 heavy (non-hydrogen) atoms. The van der Waals surface area contributed by atoms with Gasteiger partial charge in [-0.3, -0.25) is 0 Å². The van der Waals surface area contributed by atoms with E-state index in [0.717, 1.165) is 0 Å². The van der Waals surface area contributed by atoms with Gasteiger partial charge in [-0.25, -0.2) is 17.9 Å². The molecule has 0 spiro atoms. The Hall–Kier alpha value is -1.60. The van der Waals surface area contributed by atoms with Gasteiger partial charge in [0.25, 0.3) is 0 Å². The van der Waals surface area contributed by atoms with Gasteiger partial charge in [-0.1, -0.05) is 18.2 Å². The van der Waals surface area contributed by atoms with Crippen LogP contribution in [0.15, 0.2) is 29.2 Å². The van der Waals surface area contributed by atoms with Crippen LogP contribution < -0.4 is 10.5 Å². The van der Waals surface area contributed by atoms with Gasteiger partial charge in [-0.2, -0.15) is 0 Å². The molecule has 1 aromatic carbocycles. The highest BCUT2D eigenvalue weighted by Gasteiger charge is 2.16. The first-order valence-electron chi connectivity index (χ1n) is 4.41. The average molecular weight is 244 g/mol. The van der Waals surface area contributed by atoms with Gasteiger partial charge in [0.2, 0.25) is 10.0 Å². The van der Waals surface area contributed by atoms with Gasteiger partial charge in [-0.15, -0.1) is 0 Å². The molecule has 6 nitrogen and oxygen atoms in total. The van der Waals surface area contributed by atoms with Gasteiger partial charge in [0.05, 0.1) is 4.90 Å². The Morgan fingerprint density at radius 3 is 2.62 bits per heavy atom. The van der Waals surface area contributed by atoms with Gasteiger partial charge < -0.3 is 10.5 Å². The van der Waals surface area contributed by atoms with E-state index in [9.17, 15) is 13.2 Å². The lowest BCUT2D eigenvalue weighted by atomic mass is 10.2. The van der Waals surface area contributed by atoms with Crippen LogP contribution in [-0.4, -0.2) is 21.6 Å². The van der Waals surface area contributed by atoms with Gasteiger partial charge in [0.15, 0.2) is 0 Å². The van der Waals surface area contributed by atoms with Crippen LogP contribution in [0.25, 0.3) is 0 Å². The monoisotopic (exact) mass is 244 g/mol. The highest BCUT2D eigenvalue weighted by Crippen LogP contribution is 2.15. The van der Waals surface area contributed by atoms with Crippen molar-refractivity contribution >= 4 is 16.1 Å². The van der Waals surface area contributed by atoms with Crippen molar-refractivity contribution < 1.29 is 17.9 Å². The maximum atomic E-state index is 11.6. The first-order valence-corrected chi connectivity index (χ1v) is 5.89. The lowest BCUT2D eigenvalue weighted by molar-refractivity contribution is 0.149. The molecule has 1 aromatic rings. The molecule has 1 amide bonds. The molecule has 0 aromatic heterocycles. The highest BCUT2D eigenvalue weighted by atomic mass is 32.2. The minimum Gasteiger partial charge on any atom is -0.445 e. The van der Waals surface area contributed by atoms with Crippen LogP contribution in [-0.2, 0) is 21.4 Å². The molecular formula is C9H12N2O4S. The van der Waals surface area contributed by atoms with Crippen LogP contribution in [0.4, 0.5) is 4.79 Å². The lowest BCUT2D eigenvalue weighted by Crippen LogP contribution is -2.21. The summed E-state index contributed by atoms with van der Waals surface area (Å²) < 4.78 is 29.9. The van der Waals surface area contributed by atoms with Crippen LogP contribution in [0, 0.1) is 0 Å². The van der Waals surface area contributed by atoms with Crippen LogP contribution >= 0.6 is 0 Å². The minimum atomic E-state index is -3.56. The molecule has 3 N–H and O–H groups in total. The topological polar surface area (TPSA) is 98.5 Å². The number of carbonyl (C=O) groups is 1. The Kier molecular flexibility index (Phi) is 3.86. The molecule has 0 aliphatic rings. The number of primary amides is 1. The molecule has 0 heterocycles. The molecule has 0 aliphatic heterocycles. The first-order chi connectivity index (χ1) is 7.47. The maximum Gasteiger partial charge on any atom is 0.404 e. The van der Waals surface area contributed by atoms with Gasteiger partial charge >= 0.3 is 6.09 Å². The van der Waals surface area contributed by atoms with E-state index in [-0.39, 0.29) is 11.5 Å². The zero-order chi connectivity index (χ0) is 12.2. The number of amides is 1. The third-order valence-electron chi connectivity index (χ3n) is 1.90. The molecular weight excluding hydrogens is 232 g/mol. The summed E-state index contributed by atoms with van der Waals surface area (Å²) in [6, 6.07) is 6.20. The fourth-order valence-electron chi connectivity index (χ4n) is 1.14. The molecule has 0 saturated carbocycles. The summed E-state index contributed by atoms with van der Waals surface area (Å²) >= 11 is 0. The smallest absolute Gasteiger partial charge is 0.404 e. The molecule has 0 bridgehead atoms. The van der Waals surface area contributed by atoms with E-state index < -0.39 is 16.1 Å². The second-order valence-electron chi connectivity index (χ2n) is 2.92. The molecule has 0 saturated heterocycles. The Balaban J connectivity index is 3.06. The quantitative estimate of drug-likeness (QED) is 0.789. The SMILES string of the molecule is CNS(=O)(=O)c1ccccc1COC(N)=O. The zero-order valence-electron chi connectivity index (χ0n) is 8.64. The number of ether oxygens (including phenoxy) is 1. The number of sulfonamides is 1. The van der Waals surface area contributed by atoms with Crippen LogP contribution in [0.3, 0.4) is 0 Å². The van der Waals surface area contributed by atoms with Crippen molar-refractivity contribution in [1.82, 2.24) is 4.72 Å². The fraction of sp³-hybridized carbons (Fsp3) is 0.222. The van der Waals surface area contributed by atoms with Crippen LogP contribution in [0.1, 0.15) is 5.56 Å². The molecule has 7 heteroatoms. The number of hydrogen-bond donors (Lipinski definition) is 2. The van der Waals surface area contributed by atoms with E-state index in [2.05, 4.69) is 9.46 Å². The lowest BCUT2D eigenvalue weighted by Gasteiger charge is -2.08. The number of benzene rings is 1. The van der Waals surface area contributed by atoms with E-state index in [0.29, 0.717) is 5.56 Å². The molecule has 1 rings (SSSR count). The molecule has 0 atom stereocenters. The predicted octanol–water partition coefficient (Wildman–Crippen LogP) is 0.190. The summed E-state index contributed by atoms with van der Waals surface area (Å²) in [5.41, 5.74) is 5.18. The van der Waals surface area contributed by atoms with Crippen molar-refractivity contribution in [2.45, 2.75) is 11.5 Å². The summed E-state index contributed by atoms with van der Waals surface area (Å²) in [5.74, 6) is 0. The van der Waals surface area contributed by atoms with E-state index in [4.69, 9.17) is 5.73 Å². The average Bonchev–Trinajstić information content (AvgIpc) is 2.26. The molecule has 0 aliphatic carbocycles. The van der Waals surface area contributed by atoms with Crippen molar-refractivity contribution in [2.75, 3.05) is 7.05 Å². The maximum absolute atomic E-state index is 11.6. The molecule has 88 valence electrons. The summed E-state index contributed by atoms with van der Waals surface area (Å²) in [6.07, 6.45) is -0.948. The van der Waals surface area contributed by atoms with E-state index >= 15 is 0 Å². The van der Waals surface area contributed by atoms with Crippen LogP contribution in [0.2, 0.25) is 0 Å². The molecule has 0 unspecified atom stereocenters. The first kappa shape index (κ1) is 12.5. The highest BCUT2D eigenvalue weighted by molar-refractivity contribution is 7.89. The van der Waals surface area contributed by atoms with Crippen molar-refractivity contribution in [3.8, 4) is 0 Å². The normalized spacial score (nSPS) is 11.1. The fourth-order valence-corrected chi connectivity index (χ4v) is 2.09. The van der Waals surface area contributed by atoms with E-state index in [1.165, 1.54) is 13.1 Å². The largest absolute Gasteiger partial charge is 0.445 e. The third-order valence-corrected chi connectivity index (χ3v) is 3.42. The van der Waals surface area contributed by atoms with Crippen LogP contribution in [0.5, 0.6) is 0 Å². The standard InChI is InChI=1S/C9H12N2O4S/c1-11-16(13,14)8-5-3-2-4-7(8)6-15-9(10)12/h2-5,11H,6H2,1H3,(H2,10,12). The number of hydrogen-bond acceptors (Lipinski definition) is 4. The van der Waals surface area contributed by atoms with Gasteiger partial charge in [0.1, 0.15) is 6.61 Å². The molecule has 0 fully saturated rings. The van der Waals surface area contributed by atoms with Crippen molar-refractivity contribution in [3.05, 3.63) is 29.8 Å². The Morgan fingerprint density at radius 1 is 1.44 bits per heavy atom. The zero-order valence-corrected chi connectivity index (χ0v) is 9.45. The summed E-state index contributed by atoms with van der Waals surface area (Å²) in [4.78, 5) is 10.5. The Labute approximate surface area is 93.5 Å². The van der Waals surface area contributed by atoms with Gasteiger partial charge in [0, 0.05) is 5.56 Å². The van der Waals surface area contributed by atoms with Crippen molar-refractivity contribution in [2.24, 2.45) is 5.73 Å². The predicted molar refractivity (Wildman–Crippen MR) is 57.1 cm³/mol. The van der Waals surface area contributed by atoms with Gasteiger partial charge in [-0.05, 0) is 13.1 Å². The Morgan fingerprint density at radius 2 is 2.06 bits per heavy atom. The van der Waals surface area contributed by atoms with Crippen molar-refractivity contribution in [3.63, 3.8) is 0 Å². The summed E-state index contributed by atoms with van der Waals surface area (Å²) in [5, 5.41) is 0. The number of rotatable bonds is 4. The second-order valence-corrected chi connectivity index (χ2v) is 4.78. The van der Waals surface area contributed by atoms with E-state index in [1.807, 2.05) is 0 Å². The minimum absolute atomic E-state index is 0.0683. The number of nitrogens with two attached hydrogens (primary N) is 1. The molecule has 0 radical (unpaired) electrons.